The van der Waals surface area contributed by atoms with Gasteiger partial charge in [-0.05, 0) is 30.5 Å². The van der Waals surface area contributed by atoms with Crippen LogP contribution in [0.1, 0.15) is 41.6 Å². The van der Waals surface area contributed by atoms with Gasteiger partial charge in [-0.15, -0.1) is 11.3 Å². The molecule has 6 nitrogen and oxygen atoms in total. The maximum atomic E-state index is 12.8. The lowest BCUT2D eigenvalue weighted by atomic mass is 10.1. The van der Waals surface area contributed by atoms with E-state index in [0.717, 1.165) is 15.9 Å². The van der Waals surface area contributed by atoms with Gasteiger partial charge in [-0.25, -0.2) is 0 Å². The highest BCUT2D eigenvalue weighted by Crippen LogP contribution is 2.32. The topological polar surface area (TPSA) is 67.2 Å². The third kappa shape index (κ3) is 3.18. The van der Waals surface area contributed by atoms with Crippen LogP contribution < -0.4 is 10.2 Å². The van der Waals surface area contributed by atoms with Gasteiger partial charge in [0.05, 0.1) is 21.3 Å². The van der Waals surface area contributed by atoms with Crippen LogP contribution in [0.4, 0.5) is 5.69 Å². The van der Waals surface area contributed by atoms with Crippen molar-refractivity contribution in [3.63, 3.8) is 0 Å². The number of carbonyl (C=O) groups excluding carboxylic acids is 2. The van der Waals surface area contributed by atoms with Crippen LogP contribution in [-0.4, -0.2) is 34.2 Å². The lowest BCUT2D eigenvalue weighted by Crippen LogP contribution is -2.41. The number of benzene rings is 1. The number of hydrogen-bond donors (Lipinski definition) is 1. The fourth-order valence-electron chi connectivity index (χ4n) is 3.56. The Morgan fingerprint density at radius 2 is 2.11 bits per heavy atom. The molecule has 8 heteroatoms. The van der Waals surface area contributed by atoms with E-state index in [0.29, 0.717) is 28.6 Å². The normalized spacial score (nSPS) is 17.1. The molecule has 3 aromatic rings. The van der Waals surface area contributed by atoms with Crippen molar-refractivity contribution in [2.75, 3.05) is 11.4 Å². The molecular weight excluding hydrogens is 396 g/mol. The quantitative estimate of drug-likeness (QED) is 0.700. The number of aromatic nitrogens is 2. The van der Waals surface area contributed by atoms with Crippen molar-refractivity contribution in [3.8, 4) is 0 Å². The van der Waals surface area contributed by atoms with Gasteiger partial charge in [-0.2, -0.15) is 5.10 Å². The zero-order chi connectivity index (χ0) is 20.0. The molecule has 1 fully saturated rings. The van der Waals surface area contributed by atoms with Crippen molar-refractivity contribution >= 4 is 50.7 Å². The average Bonchev–Trinajstić information content (AvgIpc) is 3.32. The minimum absolute atomic E-state index is 0.132. The van der Waals surface area contributed by atoms with Crippen molar-refractivity contribution in [1.29, 1.82) is 0 Å². The predicted molar refractivity (Wildman–Crippen MR) is 112 cm³/mol. The Bertz CT molecular complexity index is 1070. The van der Waals surface area contributed by atoms with Crippen LogP contribution in [0.25, 0.3) is 10.2 Å². The summed E-state index contributed by atoms with van der Waals surface area (Å²) in [6.07, 6.45) is 0.555. The lowest BCUT2D eigenvalue weighted by Gasteiger charge is -2.18. The molecule has 1 atom stereocenters. The highest BCUT2D eigenvalue weighted by molar-refractivity contribution is 7.20. The van der Waals surface area contributed by atoms with E-state index in [1.807, 2.05) is 36.0 Å². The van der Waals surface area contributed by atoms with Crippen LogP contribution in [0.15, 0.2) is 30.3 Å². The van der Waals surface area contributed by atoms with E-state index >= 15 is 0 Å². The summed E-state index contributed by atoms with van der Waals surface area (Å²) in [4.78, 5) is 28.8. The maximum absolute atomic E-state index is 12.8. The Morgan fingerprint density at radius 3 is 2.82 bits per heavy atom. The maximum Gasteiger partial charge on any atom is 0.262 e. The lowest BCUT2D eigenvalue weighted by molar-refractivity contribution is -0.118. The summed E-state index contributed by atoms with van der Waals surface area (Å²) < 4.78 is 1.81. The molecule has 28 heavy (non-hydrogen) atoms. The summed E-state index contributed by atoms with van der Waals surface area (Å²) in [5.41, 5.74) is 1.66. The fourth-order valence-corrected chi connectivity index (χ4v) is 4.78. The molecule has 1 aliphatic heterocycles. The van der Waals surface area contributed by atoms with Gasteiger partial charge in [0.25, 0.3) is 5.91 Å². The van der Waals surface area contributed by atoms with E-state index in [9.17, 15) is 9.59 Å². The Hall–Kier alpha value is -2.38. The molecule has 4 rings (SSSR count). The summed E-state index contributed by atoms with van der Waals surface area (Å²) in [6, 6.07) is 8.58. The molecule has 0 bridgehead atoms. The van der Waals surface area contributed by atoms with Crippen LogP contribution in [0.5, 0.6) is 0 Å². The number of hydrogen-bond acceptors (Lipinski definition) is 4. The number of para-hydroxylation sites is 1. The van der Waals surface area contributed by atoms with E-state index in [1.165, 1.54) is 11.3 Å². The number of amides is 2. The third-order valence-corrected chi connectivity index (χ3v) is 6.49. The zero-order valence-electron chi connectivity index (χ0n) is 15.9. The van der Waals surface area contributed by atoms with Gasteiger partial charge in [0, 0.05) is 19.0 Å². The second kappa shape index (κ2) is 7.22. The van der Waals surface area contributed by atoms with Gasteiger partial charge in [-0.1, -0.05) is 37.6 Å². The van der Waals surface area contributed by atoms with Crippen LogP contribution in [-0.2, 0) is 11.8 Å². The molecule has 0 saturated carbocycles. The van der Waals surface area contributed by atoms with E-state index in [-0.39, 0.29) is 17.7 Å². The number of carbonyl (C=O) groups is 2. The molecule has 1 unspecified atom stereocenters. The number of halogens is 1. The number of rotatable bonds is 4. The Balaban J connectivity index is 1.53. The van der Waals surface area contributed by atoms with E-state index in [1.54, 1.807) is 11.0 Å². The summed E-state index contributed by atoms with van der Waals surface area (Å²) >= 11 is 7.62. The molecule has 146 valence electrons. The minimum Gasteiger partial charge on any atom is -0.339 e. The van der Waals surface area contributed by atoms with Gasteiger partial charge in [0.1, 0.15) is 10.9 Å². The average molecular weight is 417 g/mol. The van der Waals surface area contributed by atoms with Crippen molar-refractivity contribution in [1.82, 2.24) is 15.1 Å². The predicted octanol–water partition coefficient (Wildman–Crippen LogP) is 3.95. The summed E-state index contributed by atoms with van der Waals surface area (Å²) in [5.74, 6) is -0.0860. The molecule has 1 aliphatic rings. The highest BCUT2D eigenvalue weighted by Gasteiger charge is 2.35. The van der Waals surface area contributed by atoms with Crippen LogP contribution in [0.3, 0.4) is 0 Å². The molecule has 0 spiro atoms. The van der Waals surface area contributed by atoms with Gasteiger partial charge in [-0.3, -0.25) is 14.3 Å². The summed E-state index contributed by atoms with van der Waals surface area (Å²) in [7, 11) is 1.88. The van der Waals surface area contributed by atoms with Crippen LogP contribution >= 0.6 is 22.9 Å². The number of nitrogens with zero attached hydrogens (tertiary/aromatic N) is 3. The molecule has 2 aromatic heterocycles. The number of anilines is 1. The fraction of sp³-hybridized carbons (Fsp3) is 0.350. The molecule has 3 heterocycles. The van der Waals surface area contributed by atoms with Crippen LogP contribution in [0.2, 0.25) is 5.02 Å². The highest BCUT2D eigenvalue weighted by atomic mass is 35.5. The van der Waals surface area contributed by atoms with E-state index in [2.05, 4.69) is 24.3 Å². The summed E-state index contributed by atoms with van der Waals surface area (Å²) in [6.45, 7) is 4.70. The van der Waals surface area contributed by atoms with Crippen molar-refractivity contribution in [2.45, 2.75) is 32.2 Å². The SMILES string of the molecule is CC(C)c1nn(C)c2sc(C(=O)NC3CCN(c4ccccc4Cl)C3=O)cc12. The van der Waals surface area contributed by atoms with Crippen molar-refractivity contribution in [3.05, 3.63) is 45.9 Å². The number of nitrogens with one attached hydrogen (secondary N) is 1. The monoisotopic (exact) mass is 416 g/mol. The Labute approximate surface area is 172 Å². The number of aryl methyl sites for hydroxylation is 1. The molecule has 1 saturated heterocycles. The van der Waals surface area contributed by atoms with Gasteiger partial charge in [0.15, 0.2) is 0 Å². The first-order valence-corrected chi connectivity index (χ1v) is 10.4. The van der Waals surface area contributed by atoms with E-state index < -0.39 is 6.04 Å². The smallest absolute Gasteiger partial charge is 0.262 e. The van der Waals surface area contributed by atoms with Gasteiger partial charge < -0.3 is 10.2 Å². The van der Waals surface area contributed by atoms with Crippen LogP contribution in [0, 0.1) is 0 Å². The third-order valence-electron chi connectivity index (χ3n) is 4.96. The molecule has 1 N–H and O–H groups in total. The second-order valence-electron chi connectivity index (χ2n) is 7.25. The largest absolute Gasteiger partial charge is 0.339 e. The molecule has 0 aliphatic carbocycles. The standard InChI is InChI=1S/C20H21ClN4O2S/c1-11(2)17-12-10-16(28-20(12)24(3)23-17)18(26)22-14-8-9-25(19(14)27)15-7-5-4-6-13(15)21/h4-7,10-11,14H,8-9H2,1-3H3,(H,22,26). The Kier molecular flexibility index (Phi) is 4.89. The first-order valence-electron chi connectivity index (χ1n) is 9.20. The van der Waals surface area contributed by atoms with E-state index in [4.69, 9.17) is 11.6 Å². The van der Waals surface area contributed by atoms with Gasteiger partial charge in [0.2, 0.25) is 5.91 Å². The Morgan fingerprint density at radius 1 is 1.36 bits per heavy atom. The number of thiophene rings is 1. The molecule has 0 radical (unpaired) electrons. The molecule has 2 amide bonds. The summed E-state index contributed by atoms with van der Waals surface area (Å²) in [5, 5.41) is 8.96. The van der Waals surface area contributed by atoms with Crippen molar-refractivity contribution in [2.24, 2.45) is 7.05 Å². The first-order chi connectivity index (χ1) is 13.4. The molecule has 1 aromatic carbocycles. The first kappa shape index (κ1) is 19.0. The van der Waals surface area contributed by atoms with Crippen molar-refractivity contribution < 1.29 is 9.59 Å². The molecular formula is C20H21ClN4O2S. The second-order valence-corrected chi connectivity index (χ2v) is 8.69. The number of fused-ring (bicyclic) bond motifs is 1. The minimum atomic E-state index is -0.545. The zero-order valence-corrected chi connectivity index (χ0v) is 17.5. The van der Waals surface area contributed by atoms with Gasteiger partial charge >= 0.3 is 0 Å².